The van der Waals surface area contributed by atoms with E-state index in [1.165, 1.54) is 21.9 Å². The Morgan fingerprint density at radius 2 is 1.62 bits per heavy atom. The smallest absolute Gasteiger partial charge is 0.293 e. The molecule has 5 aromatic rings. The molecule has 1 saturated carbocycles. The van der Waals surface area contributed by atoms with Crippen molar-refractivity contribution in [3.8, 4) is 11.3 Å². The fourth-order valence-corrected chi connectivity index (χ4v) is 13.4. The van der Waals surface area contributed by atoms with Crippen LogP contribution in [0.15, 0.2) is 72.3 Å². The first-order valence-electron chi connectivity index (χ1n) is 27.1. The molecule has 4 amide bonds. The summed E-state index contributed by atoms with van der Waals surface area (Å²) in [5.74, 6) is -0.446. The molecule has 17 heteroatoms. The average Bonchev–Trinajstić information content (AvgIpc) is 4.05. The van der Waals surface area contributed by atoms with Crippen LogP contribution in [0.3, 0.4) is 0 Å². The summed E-state index contributed by atoms with van der Waals surface area (Å²) in [5.41, 5.74) is 9.35. The predicted molar refractivity (Wildman–Crippen MR) is 296 cm³/mol. The SMILES string of the molecule is C=CC(=O)Nc1cc(Nc2nc(-c3ccnc(N4CCn5c(cc6c5CC(C)(C)C6)C4=O)c3CO)cn(C)c2=O)ccc1N1CCN(C2CCN(c3cc4c(cc3C)C(=O)N(C3CCCC(C)(C)C3)C4=O)CC2)C[C@@H]1C. The number of aromatic nitrogens is 4. The number of piperidine rings is 1. The van der Waals surface area contributed by atoms with Gasteiger partial charge in [-0.2, -0.15) is 0 Å². The van der Waals surface area contributed by atoms with E-state index in [1.54, 1.807) is 41.4 Å². The molecule has 4 aliphatic heterocycles. The fourth-order valence-electron chi connectivity index (χ4n) is 13.4. The van der Waals surface area contributed by atoms with E-state index in [9.17, 15) is 29.1 Å². The number of piperazine rings is 1. The van der Waals surface area contributed by atoms with Crippen LogP contribution >= 0.6 is 0 Å². The summed E-state index contributed by atoms with van der Waals surface area (Å²) in [4.78, 5) is 88.3. The number of carbonyl (C=O) groups is 4. The van der Waals surface area contributed by atoms with Crippen LogP contribution in [0.5, 0.6) is 0 Å². The van der Waals surface area contributed by atoms with Crippen LogP contribution in [-0.2, 0) is 37.8 Å². The second-order valence-corrected chi connectivity index (χ2v) is 23.7. The molecule has 1 unspecified atom stereocenters. The highest BCUT2D eigenvalue weighted by Crippen LogP contribution is 2.43. The number of hydrogen-bond acceptors (Lipinski definition) is 12. The lowest BCUT2D eigenvalue weighted by atomic mass is 9.74. The van der Waals surface area contributed by atoms with Crippen LogP contribution in [0.4, 0.5) is 34.4 Å². The van der Waals surface area contributed by atoms with Gasteiger partial charge in [-0.15, -0.1) is 0 Å². The number of imide groups is 1. The van der Waals surface area contributed by atoms with Crippen LogP contribution in [0.25, 0.3) is 11.3 Å². The highest BCUT2D eigenvalue weighted by molar-refractivity contribution is 6.22. The van der Waals surface area contributed by atoms with E-state index in [-0.39, 0.29) is 57.9 Å². The minimum Gasteiger partial charge on any atom is -0.392 e. The summed E-state index contributed by atoms with van der Waals surface area (Å²) in [6.07, 6.45) is 12.0. The largest absolute Gasteiger partial charge is 0.392 e. The lowest BCUT2D eigenvalue weighted by molar-refractivity contribution is -0.111. The Hall–Kier alpha value is -7.11. The normalized spacial score (nSPS) is 21.4. The molecule has 17 nitrogen and oxygen atoms in total. The minimum atomic E-state index is -0.413. The van der Waals surface area contributed by atoms with E-state index >= 15 is 0 Å². The number of nitrogens with zero attached hydrogens (tertiary/aromatic N) is 9. The van der Waals surface area contributed by atoms with Gasteiger partial charge in [0.2, 0.25) is 5.91 Å². The van der Waals surface area contributed by atoms with Gasteiger partial charge < -0.3 is 34.7 Å². The topological polar surface area (TPSA) is 181 Å². The van der Waals surface area contributed by atoms with Crippen molar-refractivity contribution in [1.82, 2.24) is 28.9 Å². The average molecular weight is 1030 g/mol. The molecule has 3 aromatic heterocycles. The summed E-state index contributed by atoms with van der Waals surface area (Å²) in [5, 5.41) is 17.1. The molecule has 11 rings (SSSR count). The van der Waals surface area contributed by atoms with E-state index in [2.05, 4.69) is 76.1 Å². The number of carbonyl (C=O) groups excluding carboxylic acids is 4. The van der Waals surface area contributed by atoms with E-state index in [0.717, 1.165) is 101 Å². The molecular weight excluding hydrogens is 959 g/mol. The molecule has 0 spiro atoms. The number of fused-ring (bicyclic) bond motifs is 4. The fraction of sp³-hybridized carbons (Fsp3) is 0.475. The minimum absolute atomic E-state index is 0.0359. The van der Waals surface area contributed by atoms with Gasteiger partial charge >= 0.3 is 0 Å². The standard InChI is InChI=1S/C59H71N11O6/c1-9-51(72)62-45-27-38(61-52-57(76)64(8)33-46(63-52)41-14-18-60-53(44(41)34-71)69-24-23-68-49(56(69)75)26-37-29-59(6,7)31-50(37)68)12-13-47(45)67-22-21-66(32-36(67)3)39-15-19-65(20-16-39)48-28-43-42(25-35(48)2)54(73)70(55(43)74)40-11-10-17-58(4,5)30-40/h9,12-14,18,25-28,33,36,39-40,71H,1,10-11,15-17,19-24,29-32,34H2,2-8H3,(H,61,63)(H,62,72)/t36-,40?/m0/s1. The molecule has 0 radical (unpaired) electrons. The number of aliphatic hydroxyl groups is 1. The summed E-state index contributed by atoms with van der Waals surface area (Å²) in [6, 6.07) is 13.7. The van der Waals surface area contributed by atoms with Crippen LogP contribution < -0.4 is 30.9 Å². The molecule has 2 atom stereocenters. The maximum absolute atomic E-state index is 14.1. The van der Waals surface area contributed by atoms with E-state index in [0.29, 0.717) is 70.0 Å². The Balaban J connectivity index is 0.770. The van der Waals surface area contributed by atoms with Crippen molar-refractivity contribution >= 4 is 58.0 Å². The molecule has 0 bridgehead atoms. The number of nitrogens with one attached hydrogen (secondary N) is 2. The van der Waals surface area contributed by atoms with Gasteiger partial charge in [0.15, 0.2) is 5.82 Å². The highest BCUT2D eigenvalue weighted by atomic mass is 16.3. The maximum Gasteiger partial charge on any atom is 0.293 e. The molecule has 2 aromatic carbocycles. The number of pyridine rings is 1. The van der Waals surface area contributed by atoms with Crippen LogP contribution in [0.1, 0.15) is 127 Å². The number of hydrogen-bond donors (Lipinski definition) is 3. The zero-order valence-electron chi connectivity index (χ0n) is 45.0. The first kappa shape index (κ1) is 51.0. The lowest BCUT2D eigenvalue weighted by Crippen LogP contribution is -2.57. The van der Waals surface area contributed by atoms with Gasteiger partial charge in [-0.05, 0) is 129 Å². The van der Waals surface area contributed by atoms with E-state index in [1.807, 2.05) is 37.3 Å². The Bertz CT molecular complexity index is 3270. The number of anilines is 6. The first-order valence-corrected chi connectivity index (χ1v) is 27.1. The number of aryl methyl sites for hydroxylation is 2. The van der Waals surface area contributed by atoms with Crippen molar-refractivity contribution < 1.29 is 24.3 Å². The summed E-state index contributed by atoms with van der Waals surface area (Å²) >= 11 is 0. The molecule has 2 saturated heterocycles. The Kier molecular flexibility index (Phi) is 13.1. The summed E-state index contributed by atoms with van der Waals surface area (Å²) < 4.78 is 3.57. The van der Waals surface area contributed by atoms with Gasteiger partial charge in [0.05, 0.1) is 34.8 Å². The first-order chi connectivity index (χ1) is 36.3. The van der Waals surface area contributed by atoms with E-state index in [4.69, 9.17) is 4.98 Å². The van der Waals surface area contributed by atoms with Crippen molar-refractivity contribution in [2.75, 3.05) is 64.6 Å². The molecule has 2 aliphatic carbocycles. The zero-order valence-corrected chi connectivity index (χ0v) is 45.0. The molecule has 398 valence electrons. The van der Waals surface area contributed by atoms with Crippen LogP contribution in [-0.4, -0.2) is 115 Å². The molecule has 3 N–H and O–H groups in total. The molecule has 6 aliphatic rings. The summed E-state index contributed by atoms with van der Waals surface area (Å²) in [7, 11) is 1.64. The van der Waals surface area contributed by atoms with Crippen molar-refractivity contribution in [1.29, 1.82) is 0 Å². The lowest BCUT2D eigenvalue weighted by Gasteiger charge is -2.47. The third kappa shape index (κ3) is 9.18. The van der Waals surface area contributed by atoms with Gasteiger partial charge in [0.1, 0.15) is 11.5 Å². The molecular formula is C59H71N11O6. The van der Waals surface area contributed by atoms with Crippen molar-refractivity contribution in [3.05, 3.63) is 117 Å². The Morgan fingerprint density at radius 3 is 2.34 bits per heavy atom. The number of amides is 4. The van der Waals surface area contributed by atoms with Crippen LogP contribution in [0, 0.1) is 17.8 Å². The third-order valence-electron chi connectivity index (χ3n) is 17.2. The zero-order chi connectivity index (χ0) is 53.5. The van der Waals surface area contributed by atoms with E-state index < -0.39 is 6.61 Å². The number of rotatable bonds is 11. The molecule has 3 fully saturated rings. The second-order valence-electron chi connectivity index (χ2n) is 23.7. The number of aliphatic hydroxyl groups excluding tert-OH is 1. The third-order valence-corrected chi connectivity index (χ3v) is 17.2. The van der Waals surface area contributed by atoms with Gasteiger partial charge in [-0.1, -0.05) is 40.7 Å². The molecule has 7 heterocycles. The second kappa shape index (κ2) is 19.5. The van der Waals surface area contributed by atoms with Gasteiger partial charge in [0, 0.05) is 112 Å². The monoisotopic (exact) mass is 1030 g/mol. The highest BCUT2D eigenvalue weighted by Gasteiger charge is 2.44. The molecule has 76 heavy (non-hydrogen) atoms. The maximum atomic E-state index is 14.1. The summed E-state index contributed by atoms with van der Waals surface area (Å²) in [6.45, 7) is 21.6. The quantitative estimate of drug-likeness (QED) is 0.0863. The van der Waals surface area contributed by atoms with Crippen molar-refractivity contribution in [2.24, 2.45) is 17.9 Å². The Labute approximate surface area is 444 Å². The number of benzene rings is 2. The van der Waals surface area contributed by atoms with Crippen LogP contribution in [0.2, 0.25) is 0 Å². The predicted octanol–water partition coefficient (Wildman–Crippen LogP) is 7.84. The Morgan fingerprint density at radius 1 is 0.855 bits per heavy atom. The van der Waals surface area contributed by atoms with Gasteiger partial charge in [-0.25, -0.2) is 9.97 Å². The van der Waals surface area contributed by atoms with Crippen molar-refractivity contribution in [3.63, 3.8) is 0 Å². The van der Waals surface area contributed by atoms with Gasteiger partial charge in [0.25, 0.3) is 23.3 Å². The van der Waals surface area contributed by atoms with Crippen molar-refractivity contribution in [2.45, 2.75) is 124 Å². The van der Waals surface area contributed by atoms with Gasteiger partial charge in [-0.3, -0.25) is 38.7 Å².